The Balaban J connectivity index is 1.58. The van der Waals surface area contributed by atoms with Crippen LogP contribution in [0.15, 0.2) is 12.1 Å². The lowest BCUT2D eigenvalue weighted by molar-refractivity contribution is -0.0407. The van der Waals surface area contributed by atoms with Crippen molar-refractivity contribution in [3.63, 3.8) is 0 Å². The minimum absolute atomic E-state index is 0.505. The van der Waals surface area contributed by atoms with E-state index in [-0.39, 0.29) is 0 Å². The van der Waals surface area contributed by atoms with Gasteiger partial charge in [0.1, 0.15) is 0 Å². The van der Waals surface area contributed by atoms with Gasteiger partial charge >= 0.3 is 0 Å². The second kappa shape index (κ2) is 5.06. The van der Waals surface area contributed by atoms with Crippen LogP contribution in [0.2, 0.25) is 0 Å². The van der Waals surface area contributed by atoms with Gasteiger partial charge in [0.05, 0.1) is 12.2 Å². The normalized spacial score (nSPS) is 28.8. The molecular formula is C13H20N2OS. The first-order valence-corrected chi connectivity index (χ1v) is 7.25. The van der Waals surface area contributed by atoms with Gasteiger partial charge in [-0.3, -0.25) is 4.90 Å². The van der Waals surface area contributed by atoms with Crippen molar-refractivity contribution < 1.29 is 4.74 Å². The topological polar surface area (TPSA) is 24.5 Å². The number of fused-ring (bicyclic) bond motifs is 2. The van der Waals surface area contributed by atoms with Crippen LogP contribution in [-0.2, 0) is 17.8 Å². The molecule has 94 valence electrons. The van der Waals surface area contributed by atoms with Crippen molar-refractivity contribution in [2.45, 2.75) is 38.1 Å². The highest BCUT2D eigenvalue weighted by atomic mass is 32.1. The molecule has 4 heteroatoms. The monoisotopic (exact) mass is 252 g/mol. The van der Waals surface area contributed by atoms with Gasteiger partial charge in [0.2, 0.25) is 0 Å². The van der Waals surface area contributed by atoms with Crippen LogP contribution in [-0.4, -0.2) is 37.2 Å². The van der Waals surface area contributed by atoms with Crippen LogP contribution in [0.5, 0.6) is 0 Å². The van der Waals surface area contributed by atoms with Crippen LogP contribution in [0.25, 0.3) is 0 Å². The highest BCUT2D eigenvalue weighted by Crippen LogP contribution is 2.28. The second-order valence-corrected chi connectivity index (χ2v) is 6.30. The number of thiophene rings is 1. The summed E-state index contributed by atoms with van der Waals surface area (Å²) in [5, 5.41) is 3.20. The Hall–Kier alpha value is -0.420. The molecule has 1 N–H and O–H groups in total. The molecule has 2 unspecified atom stereocenters. The van der Waals surface area contributed by atoms with Gasteiger partial charge in [-0.15, -0.1) is 11.3 Å². The molecule has 1 aromatic heterocycles. The smallest absolute Gasteiger partial charge is 0.0707 e. The standard InChI is InChI=1S/C13H20N2OS/c1-14-6-12-4-5-13(17-12)9-15-7-10-2-3-11(8-15)16-10/h4-5,10-11,14H,2-3,6-9H2,1H3. The summed E-state index contributed by atoms with van der Waals surface area (Å²) in [6.07, 6.45) is 3.53. The van der Waals surface area contributed by atoms with Crippen molar-refractivity contribution >= 4 is 11.3 Å². The van der Waals surface area contributed by atoms with Gasteiger partial charge in [-0.2, -0.15) is 0 Å². The molecule has 2 atom stereocenters. The fourth-order valence-electron chi connectivity index (χ4n) is 2.83. The minimum Gasteiger partial charge on any atom is -0.372 e. The zero-order valence-electron chi connectivity index (χ0n) is 10.3. The van der Waals surface area contributed by atoms with Crippen molar-refractivity contribution in [2.24, 2.45) is 0 Å². The predicted molar refractivity (Wildman–Crippen MR) is 70.3 cm³/mol. The zero-order valence-corrected chi connectivity index (χ0v) is 11.1. The maximum absolute atomic E-state index is 5.86. The second-order valence-electron chi connectivity index (χ2n) is 5.05. The van der Waals surface area contributed by atoms with E-state index in [0.29, 0.717) is 12.2 Å². The summed E-state index contributed by atoms with van der Waals surface area (Å²) in [5.74, 6) is 0. The first kappa shape index (κ1) is 11.7. The maximum atomic E-state index is 5.86. The molecule has 3 nitrogen and oxygen atoms in total. The van der Waals surface area contributed by atoms with Gasteiger partial charge < -0.3 is 10.1 Å². The van der Waals surface area contributed by atoms with Crippen molar-refractivity contribution in [3.05, 3.63) is 21.9 Å². The molecule has 2 aliphatic rings. The van der Waals surface area contributed by atoms with E-state index < -0.39 is 0 Å². The van der Waals surface area contributed by atoms with Gasteiger partial charge in [0, 0.05) is 35.9 Å². The third-order valence-electron chi connectivity index (χ3n) is 3.57. The van der Waals surface area contributed by atoms with E-state index in [1.54, 1.807) is 0 Å². The van der Waals surface area contributed by atoms with E-state index in [9.17, 15) is 0 Å². The van der Waals surface area contributed by atoms with Crippen molar-refractivity contribution in [3.8, 4) is 0 Å². The summed E-state index contributed by atoms with van der Waals surface area (Å²) in [5.41, 5.74) is 0. The molecule has 2 bridgehead atoms. The number of ether oxygens (including phenoxy) is 1. The highest BCUT2D eigenvalue weighted by molar-refractivity contribution is 7.11. The summed E-state index contributed by atoms with van der Waals surface area (Å²) in [7, 11) is 2.00. The third-order valence-corrected chi connectivity index (χ3v) is 4.64. The molecule has 0 amide bonds. The zero-order chi connectivity index (χ0) is 11.7. The fourth-order valence-corrected chi connectivity index (χ4v) is 3.90. The van der Waals surface area contributed by atoms with E-state index in [0.717, 1.165) is 26.2 Å². The molecule has 3 rings (SSSR count). The number of nitrogens with zero attached hydrogens (tertiary/aromatic N) is 1. The SMILES string of the molecule is CNCc1ccc(CN2CC3CCC(C2)O3)s1. The number of nitrogens with one attached hydrogen (secondary N) is 1. The van der Waals surface area contributed by atoms with Gasteiger partial charge in [0.25, 0.3) is 0 Å². The average Bonchev–Trinajstić information content (AvgIpc) is 2.87. The van der Waals surface area contributed by atoms with Crippen LogP contribution in [0.1, 0.15) is 22.6 Å². The molecule has 2 fully saturated rings. The van der Waals surface area contributed by atoms with Gasteiger partial charge in [-0.05, 0) is 32.0 Å². The van der Waals surface area contributed by atoms with E-state index in [1.807, 2.05) is 18.4 Å². The van der Waals surface area contributed by atoms with Gasteiger partial charge in [-0.25, -0.2) is 0 Å². The van der Waals surface area contributed by atoms with E-state index in [1.165, 1.54) is 22.6 Å². The molecule has 0 radical (unpaired) electrons. The summed E-state index contributed by atoms with van der Waals surface area (Å²) >= 11 is 1.93. The van der Waals surface area contributed by atoms with Crippen molar-refractivity contribution in [2.75, 3.05) is 20.1 Å². The minimum atomic E-state index is 0.505. The highest BCUT2D eigenvalue weighted by Gasteiger charge is 2.33. The van der Waals surface area contributed by atoms with Crippen LogP contribution < -0.4 is 5.32 Å². The molecule has 0 saturated carbocycles. The molecule has 2 aliphatic heterocycles. The first-order valence-electron chi connectivity index (χ1n) is 6.43. The Morgan fingerprint density at radius 2 is 2.00 bits per heavy atom. The third kappa shape index (κ3) is 2.71. The summed E-state index contributed by atoms with van der Waals surface area (Å²) in [6.45, 7) is 4.33. The number of hydrogen-bond acceptors (Lipinski definition) is 4. The largest absolute Gasteiger partial charge is 0.372 e. The molecule has 3 heterocycles. The van der Waals surface area contributed by atoms with Crippen LogP contribution in [0, 0.1) is 0 Å². The maximum Gasteiger partial charge on any atom is 0.0707 e. The number of hydrogen-bond donors (Lipinski definition) is 1. The van der Waals surface area contributed by atoms with Crippen LogP contribution >= 0.6 is 11.3 Å². The Morgan fingerprint density at radius 3 is 2.71 bits per heavy atom. The van der Waals surface area contributed by atoms with Crippen LogP contribution in [0.4, 0.5) is 0 Å². The molecule has 0 spiro atoms. The lowest BCUT2D eigenvalue weighted by Gasteiger charge is -2.31. The quantitative estimate of drug-likeness (QED) is 0.885. The van der Waals surface area contributed by atoms with E-state index >= 15 is 0 Å². The Morgan fingerprint density at radius 1 is 1.29 bits per heavy atom. The van der Waals surface area contributed by atoms with Crippen LogP contribution in [0.3, 0.4) is 0 Å². The molecule has 2 saturated heterocycles. The molecule has 1 aromatic rings. The Labute approximate surface area is 107 Å². The van der Waals surface area contributed by atoms with Crippen molar-refractivity contribution in [1.82, 2.24) is 10.2 Å². The lowest BCUT2D eigenvalue weighted by atomic mass is 10.2. The number of morpholine rings is 1. The molecule has 0 aliphatic carbocycles. The molecule has 0 aromatic carbocycles. The average molecular weight is 252 g/mol. The van der Waals surface area contributed by atoms with Crippen molar-refractivity contribution in [1.29, 1.82) is 0 Å². The number of rotatable bonds is 4. The van der Waals surface area contributed by atoms with Gasteiger partial charge in [0.15, 0.2) is 0 Å². The Kier molecular flexibility index (Phi) is 3.47. The summed E-state index contributed by atoms with van der Waals surface area (Å²) in [4.78, 5) is 5.47. The Bertz CT molecular complexity index is 367. The molecule has 17 heavy (non-hydrogen) atoms. The number of likely N-dealkylation sites (tertiary alicyclic amines) is 1. The van der Waals surface area contributed by atoms with E-state index in [2.05, 4.69) is 22.3 Å². The predicted octanol–water partition coefficient (Wildman–Crippen LogP) is 1.83. The van der Waals surface area contributed by atoms with E-state index in [4.69, 9.17) is 4.74 Å². The fraction of sp³-hybridized carbons (Fsp3) is 0.692. The summed E-state index contributed by atoms with van der Waals surface area (Å²) in [6, 6.07) is 4.51. The van der Waals surface area contributed by atoms with Gasteiger partial charge in [-0.1, -0.05) is 0 Å². The summed E-state index contributed by atoms with van der Waals surface area (Å²) < 4.78 is 5.86. The lowest BCUT2D eigenvalue weighted by Crippen LogP contribution is -2.41. The first-order chi connectivity index (χ1) is 8.33. The molecular weight excluding hydrogens is 232 g/mol.